The highest BCUT2D eigenvalue weighted by Gasteiger charge is 2.03. The molecule has 0 fully saturated rings. The van der Waals surface area contributed by atoms with Crippen LogP contribution in [-0.2, 0) is 17.9 Å². The van der Waals surface area contributed by atoms with Crippen molar-refractivity contribution in [3.8, 4) is 0 Å². The molecule has 0 aliphatic heterocycles. The van der Waals surface area contributed by atoms with Gasteiger partial charge in [0.2, 0.25) is 5.28 Å². The molecule has 0 saturated heterocycles. The maximum absolute atomic E-state index is 5.77. The Morgan fingerprint density at radius 3 is 2.95 bits per heavy atom. The van der Waals surface area contributed by atoms with Gasteiger partial charge in [-0.3, -0.25) is 0 Å². The molecule has 0 aliphatic rings. The number of aromatic nitrogens is 2. The summed E-state index contributed by atoms with van der Waals surface area (Å²) >= 11 is 9.14. The van der Waals surface area contributed by atoms with Gasteiger partial charge in [0.05, 0.1) is 11.1 Å². The average molecular weight is 343 g/mol. The van der Waals surface area contributed by atoms with Crippen LogP contribution in [0.4, 0.5) is 5.82 Å². The van der Waals surface area contributed by atoms with Crippen LogP contribution >= 0.6 is 27.5 Å². The minimum absolute atomic E-state index is 0.221. The molecule has 0 radical (unpaired) electrons. The largest absolute Gasteiger partial charge is 0.380 e. The van der Waals surface area contributed by atoms with Crippen LogP contribution in [0.1, 0.15) is 11.1 Å². The Morgan fingerprint density at radius 1 is 1.37 bits per heavy atom. The Kier molecular flexibility index (Phi) is 5.13. The van der Waals surface area contributed by atoms with Crippen LogP contribution in [0.3, 0.4) is 0 Å². The fraction of sp³-hybridized carbons (Fsp3) is 0.231. The third-order valence-electron chi connectivity index (χ3n) is 2.48. The van der Waals surface area contributed by atoms with Crippen molar-refractivity contribution in [1.82, 2.24) is 9.97 Å². The second-order valence-corrected chi connectivity index (χ2v) is 5.13. The minimum atomic E-state index is 0.221. The summed E-state index contributed by atoms with van der Waals surface area (Å²) in [7, 11) is 1.69. The second-order valence-electron chi connectivity index (χ2n) is 3.94. The third kappa shape index (κ3) is 4.16. The Labute approximate surface area is 125 Å². The number of nitrogens with one attached hydrogen (secondary N) is 1. The minimum Gasteiger partial charge on any atom is -0.380 e. The molecule has 1 aromatic carbocycles. The summed E-state index contributed by atoms with van der Waals surface area (Å²) in [5.74, 6) is 0.678. The van der Waals surface area contributed by atoms with Gasteiger partial charge >= 0.3 is 0 Å². The van der Waals surface area contributed by atoms with Crippen molar-refractivity contribution >= 4 is 33.3 Å². The predicted molar refractivity (Wildman–Crippen MR) is 79.2 cm³/mol. The van der Waals surface area contributed by atoms with E-state index in [0.29, 0.717) is 19.0 Å². The molecule has 2 rings (SSSR count). The van der Waals surface area contributed by atoms with E-state index in [0.717, 1.165) is 15.6 Å². The number of hydrogen-bond donors (Lipinski definition) is 1. The first kappa shape index (κ1) is 14.2. The van der Waals surface area contributed by atoms with Gasteiger partial charge < -0.3 is 10.1 Å². The lowest BCUT2D eigenvalue weighted by molar-refractivity contribution is 0.185. The molecule has 0 bridgehead atoms. The fourth-order valence-electron chi connectivity index (χ4n) is 1.65. The molecule has 0 unspecified atom stereocenters. The van der Waals surface area contributed by atoms with Crippen LogP contribution in [0.2, 0.25) is 5.28 Å². The first-order chi connectivity index (χ1) is 9.19. The van der Waals surface area contributed by atoms with Crippen LogP contribution in [0.15, 0.2) is 34.9 Å². The zero-order chi connectivity index (χ0) is 13.7. The highest BCUT2D eigenvalue weighted by Crippen LogP contribution is 2.20. The standard InChI is InChI=1S/C13H13BrClN3O/c1-19-8-10-4-2-3-9(5-10)6-16-12-11(14)7-17-13(15)18-12/h2-5,7H,6,8H2,1H3,(H,16,17,18). The van der Waals surface area contributed by atoms with Crippen molar-refractivity contribution in [1.29, 1.82) is 0 Å². The van der Waals surface area contributed by atoms with Gasteiger partial charge in [-0.25, -0.2) is 4.98 Å². The van der Waals surface area contributed by atoms with Crippen LogP contribution in [-0.4, -0.2) is 17.1 Å². The van der Waals surface area contributed by atoms with Gasteiger partial charge in [-0.2, -0.15) is 4.98 Å². The Hall–Kier alpha value is -1.17. The summed E-state index contributed by atoms with van der Waals surface area (Å²) in [6.45, 7) is 1.26. The summed E-state index contributed by atoms with van der Waals surface area (Å²) in [6, 6.07) is 8.17. The molecular formula is C13H13BrClN3O. The van der Waals surface area contributed by atoms with Gasteiger partial charge in [-0.15, -0.1) is 0 Å². The first-order valence-electron chi connectivity index (χ1n) is 5.67. The number of anilines is 1. The number of halogens is 2. The van der Waals surface area contributed by atoms with Crippen LogP contribution in [0, 0.1) is 0 Å². The van der Waals surface area contributed by atoms with Crippen LogP contribution in [0.5, 0.6) is 0 Å². The monoisotopic (exact) mass is 341 g/mol. The van der Waals surface area contributed by atoms with Crippen molar-refractivity contribution in [3.63, 3.8) is 0 Å². The highest BCUT2D eigenvalue weighted by molar-refractivity contribution is 9.10. The molecule has 0 spiro atoms. The SMILES string of the molecule is COCc1cccc(CNc2nc(Cl)ncc2Br)c1. The quantitative estimate of drug-likeness (QED) is 0.843. The number of nitrogens with zero attached hydrogens (tertiary/aromatic N) is 2. The molecule has 2 aromatic rings. The Balaban J connectivity index is 2.05. The zero-order valence-corrected chi connectivity index (χ0v) is 12.7. The number of rotatable bonds is 5. The maximum atomic E-state index is 5.77. The van der Waals surface area contributed by atoms with Gasteiger partial charge in [0.1, 0.15) is 5.82 Å². The molecule has 0 saturated carbocycles. The van der Waals surface area contributed by atoms with Crippen LogP contribution in [0.25, 0.3) is 0 Å². The van der Waals surface area contributed by atoms with E-state index >= 15 is 0 Å². The van der Waals surface area contributed by atoms with Crippen molar-refractivity contribution in [2.75, 3.05) is 12.4 Å². The van der Waals surface area contributed by atoms with E-state index in [4.69, 9.17) is 16.3 Å². The van der Waals surface area contributed by atoms with Crippen LogP contribution < -0.4 is 5.32 Å². The normalized spacial score (nSPS) is 10.5. The average Bonchev–Trinajstić information content (AvgIpc) is 2.41. The molecule has 1 aromatic heterocycles. The Bertz CT molecular complexity index is 565. The second kappa shape index (κ2) is 6.84. The molecule has 1 N–H and O–H groups in total. The van der Waals surface area contributed by atoms with Gasteiger partial charge in [-0.05, 0) is 38.7 Å². The summed E-state index contributed by atoms with van der Waals surface area (Å²) in [6.07, 6.45) is 1.62. The van der Waals surface area contributed by atoms with E-state index in [1.807, 2.05) is 18.2 Å². The number of methoxy groups -OCH3 is 1. The summed E-state index contributed by atoms with van der Waals surface area (Å²) in [5, 5.41) is 3.44. The first-order valence-corrected chi connectivity index (χ1v) is 6.85. The highest BCUT2D eigenvalue weighted by atomic mass is 79.9. The molecule has 1 heterocycles. The summed E-state index contributed by atoms with van der Waals surface area (Å²) < 4.78 is 5.90. The molecule has 6 heteroatoms. The van der Waals surface area contributed by atoms with Crippen molar-refractivity contribution < 1.29 is 4.74 Å². The van der Waals surface area contributed by atoms with Gasteiger partial charge in [0.15, 0.2) is 0 Å². The van der Waals surface area contributed by atoms with Crippen molar-refractivity contribution in [2.24, 2.45) is 0 Å². The maximum Gasteiger partial charge on any atom is 0.224 e. The Morgan fingerprint density at radius 2 is 2.16 bits per heavy atom. The predicted octanol–water partition coefficient (Wildman–Crippen LogP) is 3.65. The summed E-state index contributed by atoms with van der Waals surface area (Å²) in [5.41, 5.74) is 2.29. The molecule has 4 nitrogen and oxygen atoms in total. The van der Waals surface area contributed by atoms with E-state index in [2.05, 4.69) is 37.3 Å². The fourth-order valence-corrected chi connectivity index (χ4v) is 2.12. The number of benzene rings is 1. The lowest BCUT2D eigenvalue weighted by Crippen LogP contribution is -2.03. The topological polar surface area (TPSA) is 47.0 Å². The van der Waals surface area contributed by atoms with Crippen molar-refractivity contribution in [2.45, 2.75) is 13.2 Å². The van der Waals surface area contributed by atoms with E-state index in [9.17, 15) is 0 Å². The summed E-state index contributed by atoms with van der Waals surface area (Å²) in [4.78, 5) is 8.00. The zero-order valence-electron chi connectivity index (χ0n) is 10.4. The number of hydrogen-bond acceptors (Lipinski definition) is 4. The third-order valence-corrected chi connectivity index (χ3v) is 3.24. The lowest BCUT2D eigenvalue weighted by Gasteiger charge is -2.08. The molecule has 19 heavy (non-hydrogen) atoms. The smallest absolute Gasteiger partial charge is 0.224 e. The van der Waals surface area contributed by atoms with E-state index in [1.165, 1.54) is 0 Å². The lowest BCUT2D eigenvalue weighted by atomic mass is 10.1. The van der Waals surface area contributed by atoms with E-state index < -0.39 is 0 Å². The molecular weight excluding hydrogens is 330 g/mol. The molecule has 0 atom stereocenters. The van der Waals surface area contributed by atoms with Gasteiger partial charge in [-0.1, -0.05) is 24.3 Å². The molecule has 0 aliphatic carbocycles. The van der Waals surface area contributed by atoms with E-state index in [1.54, 1.807) is 13.3 Å². The van der Waals surface area contributed by atoms with Gasteiger partial charge in [0, 0.05) is 19.9 Å². The number of ether oxygens (including phenoxy) is 1. The molecule has 0 amide bonds. The molecule has 100 valence electrons. The van der Waals surface area contributed by atoms with Crippen molar-refractivity contribution in [3.05, 3.63) is 51.3 Å². The van der Waals surface area contributed by atoms with Gasteiger partial charge in [0.25, 0.3) is 0 Å². The van der Waals surface area contributed by atoms with E-state index in [-0.39, 0.29) is 5.28 Å².